The second kappa shape index (κ2) is 5.27. The van der Waals surface area contributed by atoms with Crippen LogP contribution in [0.2, 0.25) is 0 Å². The number of hydrogen-bond acceptors (Lipinski definition) is 4. The van der Waals surface area contributed by atoms with Crippen molar-refractivity contribution in [1.29, 1.82) is 0 Å². The van der Waals surface area contributed by atoms with Gasteiger partial charge in [0.25, 0.3) is 0 Å². The molecular formula is C10H21NO3S. The van der Waals surface area contributed by atoms with Crippen LogP contribution in [-0.4, -0.2) is 43.7 Å². The third-order valence-corrected chi connectivity index (χ3v) is 4.59. The molecule has 4 nitrogen and oxygen atoms in total. The van der Waals surface area contributed by atoms with E-state index >= 15 is 0 Å². The van der Waals surface area contributed by atoms with Crippen LogP contribution in [0, 0.1) is 0 Å². The summed E-state index contributed by atoms with van der Waals surface area (Å²) in [6, 6.07) is 0.0170. The first-order valence-electron chi connectivity index (χ1n) is 5.51. The first-order chi connectivity index (χ1) is 6.91. The Kier molecular flexibility index (Phi) is 4.55. The summed E-state index contributed by atoms with van der Waals surface area (Å²) in [5.41, 5.74) is 0. The predicted molar refractivity (Wildman–Crippen MR) is 60.6 cm³/mol. The van der Waals surface area contributed by atoms with Crippen LogP contribution in [0.1, 0.15) is 32.6 Å². The lowest BCUT2D eigenvalue weighted by atomic mass is 9.95. The van der Waals surface area contributed by atoms with Crippen LogP contribution >= 0.6 is 0 Å². The van der Waals surface area contributed by atoms with Crippen molar-refractivity contribution >= 4 is 9.84 Å². The Morgan fingerprint density at radius 3 is 2.53 bits per heavy atom. The Labute approximate surface area is 92.0 Å². The normalized spacial score (nSPS) is 30.1. The molecule has 0 saturated heterocycles. The lowest BCUT2D eigenvalue weighted by Gasteiger charge is -2.31. The molecule has 0 heterocycles. The van der Waals surface area contributed by atoms with Crippen molar-refractivity contribution < 1.29 is 13.5 Å². The smallest absolute Gasteiger partial charge is 0.151 e. The second-order valence-electron chi connectivity index (χ2n) is 4.52. The van der Waals surface area contributed by atoms with E-state index in [4.69, 9.17) is 5.11 Å². The van der Waals surface area contributed by atoms with Crippen LogP contribution in [0.4, 0.5) is 0 Å². The van der Waals surface area contributed by atoms with Gasteiger partial charge in [-0.3, -0.25) is 0 Å². The molecule has 0 aromatic heterocycles. The zero-order valence-corrected chi connectivity index (χ0v) is 10.3. The van der Waals surface area contributed by atoms with Gasteiger partial charge in [-0.05, 0) is 19.8 Å². The first kappa shape index (κ1) is 12.9. The Hall–Kier alpha value is -0.130. The van der Waals surface area contributed by atoms with E-state index in [2.05, 4.69) is 5.32 Å². The number of nitrogens with one attached hydrogen (secondary N) is 1. The summed E-state index contributed by atoms with van der Waals surface area (Å²) in [7, 11) is -2.97. The van der Waals surface area contributed by atoms with Crippen molar-refractivity contribution in [3.63, 3.8) is 0 Å². The molecule has 1 aliphatic carbocycles. The first-order valence-corrected chi connectivity index (χ1v) is 7.47. The number of rotatable bonds is 4. The number of aliphatic hydroxyl groups excluding tert-OH is 1. The monoisotopic (exact) mass is 235 g/mol. The lowest BCUT2D eigenvalue weighted by molar-refractivity contribution is 0.181. The SMILES string of the molecule is C[C@H](O)CNC1CCCCC1S(C)(=O)=O. The molecule has 2 N–H and O–H groups in total. The maximum absolute atomic E-state index is 11.5. The van der Waals surface area contributed by atoms with E-state index in [0.29, 0.717) is 6.54 Å². The minimum Gasteiger partial charge on any atom is -0.392 e. The summed E-state index contributed by atoms with van der Waals surface area (Å²) in [6.45, 7) is 2.17. The number of hydrogen-bond donors (Lipinski definition) is 2. The maximum atomic E-state index is 11.5. The van der Waals surface area contributed by atoms with Crippen LogP contribution in [0.15, 0.2) is 0 Å². The summed E-state index contributed by atoms with van der Waals surface area (Å²) in [5, 5.41) is 12.0. The molecule has 2 unspecified atom stereocenters. The van der Waals surface area contributed by atoms with Crippen LogP contribution in [0.3, 0.4) is 0 Å². The van der Waals surface area contributed by atoms with Gasteiger partial charge in [0.1, 0.15) is 0 Å². The summed E-state index contributed by atoms with van der Waals surface area (Å²) >= 11 is 0. The molecule has 0 aliphatic heterocycles. The minimum atomic E-state index is -2.97. The van der Waals surface area contributed by atoms with Gasteiger partial charge in [0.2, 0.25) is 0 Å². The maximum Gasteiger partial charge on any atom is 0.151 e. The van der Waals surface area contributed by atoms with Crippen molar-refractivity contribution in [3.8, 4) is 0 Å². The quantitative estimate of drug-likeness (QED) is 0.736. The van der Waals surface area contributed by atoms with Crippen LogP contribution in [0.5, 0.6) is 0 Å². The van der Waals surface area contributed by atoms with Gasteiger partial charge >= 0.3 is 0 Å². The molecular weight excluding hydrogens is 214 g/mol. The average Bonchev–Trinajstić information content (AvgIpc) is 2.13. The van der Waals surface area contributed by atoms with E-state index in [-0.39, 0.29) is 11.3 Å². The van der Waals surface area contributed by atoms with Crippen LogP contribution < -0.4 is 5.32 Å². The molecule has 0 spiro atoms. The molecule has 1 saturated carbocycles. The molecule has 15 heavy (non-hydrogen) atoms. The summed E-state index contributed by atoms with van der Waals surface area (Å²) in [6.07, 6.45) is 4.58. The van der Waals surface area contributed by atoms with Gasteiger partial charge in [0.15, 0.2) is 9.84 Å². The molecule has 90 valence electrons. The highest BCUT2D eigenvalue weighted by Crippen LogP contribution is 2.23. The molecule has 5 heteroatoms. The molecule has 0 bridgehead atoms. The highest BCUT2D eigenvalue weighted by atomic mass is 32.2. The highest BCUT2D eigenvalue weighted by Gasteiger charge is 2.32. The lowest BCUT2D eigenvalue weighted by Crippen LogP contribution is -2.47. The van der Waals surface area contributed by atoms with Gasteiger partial charge in [-0.2, -0.15) is 0 Å². The van der Waals surface area contributed by atoms with Crippen molar-refractivity contribution in [3.05, 3.63) is 0 Å². The zero-order chi connectivity index (χ0) is 11.5. The number of aliphatic hydroxyl groups is 1. The summed E-state index contributed by atoms with van der Waals surface area (Å²) in [4.78, 5) is 0. The average molecular weight is 235 g/mol. The fourth-order valence-electron chi connectivity index (χ4n) is 2.16. The summed E-state index contributed by atoms with van der Waals surface area (Å²) in [5.74, 6) is 0. The molecule has 1 rings (SSSR count). The largest absolute Gasteiger partial charge is 0.392 e. The van der Waals surface area contributed by atoms with E-state index in [9.17, 15) is 8.42 Å². The topological polar surface area (TPSA) is 66.4 Å². The van der Waals surface area contributed by atoms with Gasteiger partial charge in [0.05, 0.1) is 11.4 Å². The van der Waals surface area contributed by atoms with E-state index in [1.807, 2.05) is 0 Å². The highest BCUT2D eigenvalue weighted by molar-refractivity contribution is 7.91. The fourth-order valence-corrected chi connectivity index (χ4v) is 3.59. The fraction of sp³-hybridized carbons (Fsp3) is 1.00. The Morgan fingerprint density at radius 1 is 1.40 bits per heavy atom. The zero-order valence-electron chi connectivity index (χ0n) is 9.44. The van der Waals surface area contributed by atoms with Crippen molar-refractivity contribution in [2.75, 3.05) is 12.8 Å². The standard InChI is InChI=1S/C10H21NO3S/c1-8(12)7-11-9-5-3-4-6-10(9)15(2,13)14/h8-12H,3-7H2,1-2H3/t8-,9?,10?/m0/s1. The third kappa shape index (κ3) is 4.09. The molecule has 0 aromatic carbocycles. The van der Waals surface area contributed by atoms with Gasteiger partial charge in [-0.15, -0.1) is 0 Å². The van der Waals surface area contributed by atoms with Gasteiger partial charge in [-0.1, -0.05) is 12.8 Å². The molecule has 0 aromatic rings. The Bertz CT molecular complexity index is 287. The van der Waals surface area contributed by atoms with Crippen molar-refractivity contribution in [2.45, 2.75) is 50.0 Å². The number of sulfone groups is 1. The molecule has 3 atom stereocenters. The van der Waals surface area contributed by atoms with Crippen LogP contribution in [0.25, 0.3) is 0 Å². The molecule has 0 amide bonds. The van der Waals surface area contributed by atoms with Gasteiger partial charge in [-0.25, -0.2) is 8.42 Å². The molecule has 1 fully saturated rings. The van der Waals surface area contributed by atoms with E-state index in [0.717, 1.165) is 25.7 Å². The predicted octanol–water partition coefficient (Wildman–Crippen LogP) is 0.313. The minimum absolute atomic E-state index is 0.0170. The van der Waals surface area contributed by atoms with Gasteiger partial charge in [0, 0.05) is 18.8 Å². The second-order valence-corrected chi connectivity index (χ2v) is 6.78. The third-order valence-electron chi connectivity index (χ3n) is 2.93. The van der Waals surface area contributed by atoms with Crippen LogP contribution in [-0.2, 0) is 9.84 Å². The van der Waals surface area contributed by atoms with E-state index < -0.39 is 15.9 Å². The molecule has 0 radical (unpaired) electrons. The van der Waals surface area contributed by atoms with Gasteiger partial charge < -0.3 is 10.4 Å². The molecule has 1 aliphatic rings. The van der Waals surface area contributed by atoms with Crippen molar-refractivity contribution in [2.24, 2.45) is 0 Å². The Morgan fingerprint density at radius 2 is 2.00 bits per heavy atom. The van der Waals surface area contributed by atoms with E-state index in [1.165, 1.54) is 6.26 Å². The van der Waals surface area contributed by atoms with E-state index in [1.54, 1.807) is 6.92 Å². The Balaban J connectivity index is 2.58. The van der Waals surface area contributed by atoms with Crippen molar-refractivity contribution in [1.82, 2.24) is 5.32 Å². The summed E-state index contributed by atoms with van der Waals surface area (Å²) < 4.78 is 23.1.